The quantitative estimate of drug-likeness (QED) is 0.476. The van der Waals surface area contributed by atoms with Gasteiger partial charge in [0, 0.05) is 12.4 Å². The van der Waals surface area contributed by atoms with Crippen LogP contribution in [0.25, 0.3) is 0 Å². The summed E-state index contributed by atoms with van der Waals surface area (Å²) in [4.78, 5) is 10.4. The van der Waals surface area contributed by atoms with Gasteiger partial charge in [-0.1, -0.05) is 13.3 Å². The molecule has 0 spiro atoms. The topological polar surface area (TPSA) is 92.8 Å². The first-order chi connectivity index (χ1) is 8.07. The first-order valence-electron chi connectivity index (χ1n) is 5.89. The largest absolute Gasteiger partial charge is 0.480 e. The first-order valence-corrected chi connectivity index (χ1v) is 7.05. The predicted octanol–water partition coefficient (Wildman–Crippen LogP) is 0.699. The average molecular weight is 265 g/mol. The first kappa shape index (κ1) is 16.7. The van der Waals surface area contributed by atoms with Crippen molar-refractivity contribution in [1.29, 1.82) is 0 Å². The Balaban J connectivity index is 3.32. The molecule has 0 aliphatic rings. The lowest BCUT2D eigenvalue weighted by Gasteiger charge is -2.11. The Morgan fingerprint density at radius 3 is 2.82 bits per heavy atom. The van der Waals surface area contributed by atoms with Crippen LogP contribution in [0, 0.1) is 0 Å². The summed E-state index contributed by atoms with van der Waals surface area (Å²) in [5, 5.41) is 18.1. The van der Waals surface area contributed by atoms with Gasteiger partial charge in [-0.15, -0.1) is 0 Å². The zero-order valence-electron chi connectivity index (χ0n) is 10.3. The molecule has 2 unspecified atom stereocenters. The molecular formula is C11H23NO4S. The van der Waals surface area contributed by atoms with E-state index < -0.39 is 18.1 Å². The molecule has 0 fully saturated rings. The molecule has 6 heteroatoms. The van der Waals surface area contributed by atoms with Crippen molar-refractivity contribution in [3.8, 4) is 0 Å². The van der Waals surface area contributed by atoms with Crippen molar-refractivity contribution in [3.05, 3.63) is 0 Å². The molecule has 4 N–H and O–H groups in total. The second kappa shape index (κ2) is 10.8. The molecule has 0 amide bonds. The molecule has 0 aromatic rings. The minimum absolute atomic E-state index is 0.345. The number of hydrogen-bond acceptors (Lipinski definition) is 5. The van der Waals surface area contributed by atoms with Gasteiger partial charge in [-0.2, -0.15) is 11.8 Å². The average Bonchev–Trinajstić information content (AvgIpc) is 2.29. The standard InChI is InChI=1S/C11H23NO4S/c1-2-3-5-16-7-9(13)8-17-6-4-10(12)11(14)15/h9-10,13H,2-8,12H2,1H3,(H,14,15). The van der Waals surface area contributed by atoms with E-state index in [1.807, 2.05) is 0 Å². The fourth-order valence-corrected chi connectivity index (χ4v) is 2.02. The van der Waals surface area contributed by atoms with Gasteiger partial charge in [0.1, 0.15) is 6.04 Å². The number of hydrogen-bond donors (Lipinski definition) is 3. The van der Waals surface area contributed by atoms with Crippen LogP contribution in [0.15, 0.2) is 0 Å². The molecule has 0 heterocycles. The number of carboxylic acids is 1. The van der Waals surface area contributed by atoms with E-state index in [4.69, 9.17) is 15.6 Å². The van der Waals surface area contributed by atoms with Gasteiger partial charge in [0.05, 0.1) is 12.7 Å². The summed E-state index contributed by atoms with van der Waals surface area (Å²) in [6, 6.07) is -0.805. The van der Waals surface area contributed by atoms with Crippen molar-refractivity contribution in [1.82, 2.24) is 0 Å². The summed E-state index contributed by atoms with van der Waals surface area (Å²) < 4.78 is 5.27. The molecule has 17 heavy (non-hydrogen) atoms. The Morgan fingerprint density at radius 2 is 2.24 bits per heavy atom. The van der Waals surface area contributed by atoms with E-state index in [1.54, 1.807) is 0 Å². The van der Waals surface area contributed by atoms with Crippen LogP contribution < -0.4 is 5.73 Å². The van der Waals surface area contributed by atoms with Crippen LogP contribution in [0.2, 0.25) is 0 Å². The fourth-order valence-electron chi connectivity index (χ4n) is 1.07. The van der Waals surface area contributed by atoms with Gasteiger partial charge < -0.3 is 20.7 Å². The molecular weight excluding hydrogens is 242 g/mol. The molecule has 5 nitrogen and oxygen atoms in total. The molecule has 0 rings (SSSR count). The van der Waals surface area contributed by atoms with Crippen molar-refractivity contribution < 1.29 is 19.7 Å². The molecule has 102 valence electrons. The van der Waals surface area contributed by atoms with Gasteiger partial charge in [0.2, 0.25) is 0 Å². The van der Waals surface area contributed by atoms with Crippen LogP contribution in [0.3, 0.4) is 0 Å². The van der Waals surface area contributed by atoms with E-state index in [-0.39, 0.29) is 0 Å². The number of unbranched alkanes of at least 4 members (excludes halogenated alkanes) is 1. The van der Waals surface area contributed by atoms with Crippen LogP contribution in [-0.4, -0.2) is 53.0 Å². The molecule has 0 aromatic heterocycles. The van der Waals surface area contributed by atoms with Gasteiger partial charge in [-0.3, -0.25) is 4.79 Å². The third-order valence-electron chi connectivity index (χ3n) is 2.15. The Kier molecular flexibility index (Phi) is 10.6. The van der Waals surface area contributed by atoms with Crippen molar-refractivity contribution in [2.75, 3.05) is 24.7 Å². The maximum atomic E-state index is 10.4. The summed E-state index contributed by atoms with van der Waals surface area (Å²) in [6.45, 7) is 3.11. The highest BCUT2D eigenvalue weighted by molar-refractivity contribution is 7.99. The van der Waals surface area contributed by atoms with Crippen molar-refractivity contribution in [3.63, 3.8) is 0 Å². The molecule has 0 saturated heterocycles. The van der Waals surface area contributed by atoms with Crippen molar-refractivity contribution in [2.45, 2.75) is 38.3 Å². The molecule has 0 saturated carbocycles. The van der Waals surface area contributed by atoms with Gasteiger partial charge >= 0.3 is 5.97 Å². The Bertz CT molecular complexity index is 204. The maximum Gasteiger partial charge on any atom is 0.320 e. The highest BCUT2D eigenvalue weighted by atomic mass is 32.2. The number of carboxylic acid groups (broad SMARTS) is 1. The Labute approximate surface area is 107 Å². The molecule has 0 bridgehead atoms. The predicted molar refractivity (Wildman–Crippen MR) is 69.3 cm³/mol. The smallest absolute Gasteiger partial charge is 0.320 e. The van der Waals surface area contributed by atoms with E-state index in [0.29, 0.717) is 31.1 Å². The van der Waals surface area contributed by atoms with Gasteiger partial charge in [-0.25, -0.2) is 0 Å². The van der Waals surface area contributed by atoms with E-state index in [0.717, 1.165) is 12.8 Å². The number of aliphatic carboxylic acids is 1. The lowest BCUT2D eigenvalue weighted by Crippen LogP contribution is -2.30. The number of aliphatic hydroxyl groups is 1. The number of rotatable bonds is 11. The summed E-state index contributed by atoms with van der Waals surface area (Å²) in [5.41, 5.74) is 5.35. The minimum Gasteiger partial charge on any atom is -0.480 e. The summed E-state index contributed by atoms with van der Waals surface area (Å²) >= 11 is 1.50. The lowest BCUT2D eigenvalue weighted by atomic mass is 10.2. The summed E-state index contributed by atoms with van der Waals surface area (Å²) in [6.07, 6.45) is 2.02. The van der Waals surface area contributed by atoms with Gasteiger partial charge in [0.15, 0.2) is 0 Å². The number of ether oxygens (including phenoxy) is 1. The second-order valence-corrected chi connectivity index (χ2v) is 5.04. The van der Waals surface area contributed by atoms with E-state index >= 15 is 0 Å². The monoisotopic (exact) mass is 265 g/mol. The summed E-state index contributed by atoms with van der Waals surface area (Å²) in [5.74, 6) is 0.215. The van der Waals surface area contributed by atoms with E-state index in [9.17, 15) is 9.90 Å². The third kappa shape index (κ3) is 10.6. The number of carbonyl (C=O) groups is 1. The normalized spacial score (nSPS) is 14.5. The van der Waals surface area contributed by atoms with Crippen molar-refractivity contribution in [2.24, 2.45) is 5.73 Å². The van der Waals surface area contributed by atoms with Gasteiger partial charge in [-0.05, 0) is 18.6 Å². The minimum atomic E-state index is -0.978. The number of nitrogens with two attached hydrogens (primary N) is 1. The van der Waals surface area contributed by atoms with Crippen LogP contribution in [-0.2, 0) is 9.53 Å². The molecule has 0 radical (unpaired) electrons. The van der Waals surface area contributed by atoms with Crippen LogP contribution >= 0.6 is 11.8 Å². The summed E-state index contributed by atoms with van der Waals surface area (Å²) in [7, 11) is 0. The van der Waals surface area contributed by atoms with Crippen LogP contribution in [0.1, 0.15) is 26.2 Å². The maximum absolute atomic E-state index is 10.4. The lowest BCUT2D eigenvalue weighted by molar-refractivity contribution is -0.138. The Morgan fingerprint density at radius 1 is 1.53 bits per heavy atom. The van der Waals surface area contributed by atoms with Gasteiger partial charge in [0.25, 0.3) is 0 Å². The van der Waals surface area contributed by atoms with E-state index in [1.165, 1.54) is 11.8 Å². The zero-order chi connectivity index (χ0) is 13.1. The molecule has 0 aliphatic heterocycles. The van der Waals surface area contributed by atoms with Crippen LogP contribution in [0.4, 0.5) is 0 Å². The highest BCUT2D eigenvalue weighted by Gasteiger charge is 2.11. The molecule has 0 aliphatic carbocycles. The fraction of sp³-hybridized carbons (Fsp3) is 0.909. The van der Waals surface area contributed by atoms with Crippen LogP contribution in [0.5, 0.6) is 0 Å². The number of aliphatic hydroxyl groups excluding tert-OH is 1. The molecule has 0 aromatic carbocycles. The van der Waals surface area contributed by atoms with E-state index in [2.05, 4.69) is 6.92 Å². The number of thioether (sulfide) groups is 1. The zero-order valence-corrected chi connectivity index (χ0v) is 11.1. The van der Waals surface area contributed by atoms with Crippen molar-refractivity contribution >= 4 is 17.7 Å². The SMILES string of the molecule is CCCCOCC(O)CSCCC(N)C(=O)O. The Hall–Kier alpha value is -0.300. The highest BCUT2D eigenvalue weighted by Crippen LogP contribution is 2.07. The third-order valence-corrected chi connectivity index (χ3v) is 3.30. The molecule has 2 atom stereocenters. The second-order valence-electron chi connectivity index (χ2n) is 3.89.